The van der Waals surface area contributed by atoms with E-state index in [1.807, 2.05) is 29.3 Å². The van der Waals surface area contributed by atoms with Crippen LogP contribution < -0.4 is 10.6 Å². The summed E-state index contributed by atoms with van der Waals surface area (Å²) >= 11 is 0. The number of piperidine rings is 1. The van der Waals surface area contributed by atoms with Crippen molar-refractivity contribution in [3.8, 4) is 6.07 Å². The standard InChI is InChI=1S/C25H32FN9/c1-34-9-6-20(7-10-34)31-23-3-2-21(15-29-23)32-25-28-8-4-22(33-25)18-12-17(13-27)24(30-14-18)35-11-5-19(26)16-35/h2-3,8,12,15,17,19-20,25,32H,4-7,9-11,14,16H2,1H3,(H,29,31). The predicted octanol–water partition coefficient (Wildman–Crippen LogP) is 2.72. The fraction of sp³-hybridized carbons (Fsp3) is 0.560. The van der Waals surface area contributed by atoms with Gasteiger partial charge in [0.15, 0.2) is 0 Å². The molecule has 0 aromatic carbocycles. The van der Waals surface area contributed by atoms with Gasteiger partial charge in [-0.1, -0.05) is 6.08 Å². The van der Waals surface area contributed by atoms with Gasteiger partial charge in [-0.25, -0.2) is 14.4 Å². The second-order valence-electron chi connectivity index (χ2n) is 9.59. The highest BCUT2D eigenvalue weighted by molar-refractivity contribution is 6.09. The van der Waals surface area contributed by atoms with Crippen molar-refractivity contribution in [2.24, 2.45) is 20.9 Å². The van der Waals surface area contributed by atoms with Crippen LogP contribution in [0, 0.1) is 17.2 Å². The maximum absolute atomic E-state index is 13.6. The first-order valence-corrected chi connectivity index (χ1v) is 12.4. The molecule has 9 nitrogen and oxygen atoms in total. The van der Waals surface area contributed by atoms with Crippen LogP contribution in [-0.4, -0.2) is 90.8 Å². The third-order valence-electron chi connectivity index (χ3n) is 6.96. The summed E-state index contributed by atoms with van der Waals surface area (Å²) in [6, 6.07) is 6.74. The molecule has 2 fully saturated rings. The van der Waals surface area contributed by atoms with Gasteiger partial charge in [0.1, 0.15) is 23.7 Å². The Labute approximate surface area is 205 Å². The van der Waals surface area contributed by atoms with E-state index >= 15 is 0 Å². The summed E-state index contributed by atoms with van der Waals surface area (Å²) in [5.74, 6) is 1.07. The van der Waals surface area contributed by atoms with Crippen LogP contribution in [0.5, 0.6) is 0 Å². The van der Waals surface area contributed by atoms with Gasteiger partial charge in [-0.05, 0) is 57.1 Å². The average molecular weight is 478 g/mol. The zero-order valence-corrected chi connectivity index (χ0v) is 20.1. The van der Waals surface area contributed by atoms with Gasteiger partial charge >= 0.3 is 0 Å². The van der Waals surface area contributed by atoms with E-state index in [2.05, 4.69) is 43.6 Å². The van der Waals surface area contributed by atoms with Crippen molar-refractivity contribution < 1.29 is 4.39 Å². The van der Waals surface area contributed by atoms with Gasteiger partial charge < -0.3 is 20.4 Å². The van der Waals surface area contributed by atoms with Crippen LogP contribution >= 0.6 is 0 Å². The lowest BCUT2D eigenvalue weighted by molar-refractivity contribution is 0.263. The van der Waals surface area contributed by atoms with Crippen LogP contribution in [0.25, 0.3) is 0 Å². The highest BCUT2D eigenvalue weighted by Crippen LogP contribution is 2.24. The Bertz CT molecular complexity index is 1060. The Morgan fingerprint density at radius 1 is 1.14 bits per heavy atom. The molecule has 2 saturated heterocycles. The molecule has 0 radical (unpaired) electrons. The van der Waals surface area contributed by atoms with E-state index in [1.165, 1.54) is 0 Å². The molecule has 4 aliphatic rings. The second kappa shape index (κ2) is 10.5. The van der Waals surface area contributed by atoms with Crippen LogP contribution in [0.2, 0.25) is 0 Å². The molecule has 5 rings (SSSR count). The monoisotopic (exact) mass is 477 g/mol. The summed E-state index contributed by atoms with van der Waals surface area (Å²) in [6.45, 7) is 3.58. The fourth-order valence-corrected chi connectivity index (χ4v) is 4.93. The number of pyridine rings is 1. The van der Waals surface area contributed by atoms with E-state index in [9.17, 15) is 9.65 Å². The molecule has 0 aliphatic carbocycles. The molecule has 0 bridgehead atoms. The number of anilines is 2. The van der Waals surface area contributed by atoms with Crippen molar-refractivity contribution in [1.29, 1.82) is 5.26 Å². The lowest BCUT2D eigenvalue weighted by Crippen LogP contribution is -2.36. The van der Waals surface area contributed by atoms with Crippen molar-refractivity contribution in [3.05, 3.63) is 30.0 Å². The van der Waals surface area contributed by atoms with E-state index in [0.717, 1.165) is 48.7 Å². The van der Waals surface area contributed by atoms with Crippen LogP contribution in [0.15, 0.2) is 45.0 Å². The van der Waals surface area contributed by atoms with Gasteiger partial charge in [-0.15, -0.1) is 0 Å². The molecule has 10 heteroatoms. The topological polar surface area (TPSA) is 104 Å². The lowest BCUT2D eigenvalue weighted by atomic mass is 9.97. The van der Waals surface area contributed by atoms with E-state index in [1.54, 1.807) is 6.20 Å². The van der Waals surface area contributed by atoms with Gasteiger partial charge in [0, 0.05) is 30.9 Å². The summed E-state index contributed by atoms with van der Waals surface area (Å²) in [7, 11) is 2.16. The maximum Gasteiger partial charge on any atom is 0.213 e. The van der Waals surface area contributed by atoms with Crippen molar-refractivity contribution in [2.75, 3.05) is 50.4 Å². The zero-order valence-electron chi connectivity index (χ0n) is 20.1. The average Bonchev–Trinajstić information content (AvgIpc) is 3.32. The molecule has 184 valence electrons. The molecule has 35 heavy (non-hydrogen) atoms. The Hall–Kier alpha value is -3.32. The van der Waals surface area contributed by atoms with Gasteiger partial charge in [0.05, 0.1) is 31.0 Å². The van der Waals surface area contributed by atoms with E-state index in [-0.39, 0.29) is 0 Å². The third-order valence-corrected chi connectivity index (χ3v) is 6.96. The number of alkyl halides is 1. The normalized spacial score (nSPS) is 27.6. The molecule has 1 aromatic rings. The number of nitriles is 1. The number of hydrogen-bond donors (Lipinski definition) is 2. The number of nitrogens with zero attached hydrogens (tertiary/aromatic N) is 7. The van der Waals surface area contributed by atoms with Gasteiger partial charge in [-0.2, -0.15) is 5.26 Å². The van der Waals surface area contributed by atoms with E-state index in [0.29, 0.717) is 44.4 Å². The number of dihydropyridines is 1. The van der Waals surface area contributed by atoms with Crippen LogP contribution in [0.1, 0.15) is 25.7 Å². The minimum Gasteiger partial charge on any atom is -0.367 e. The second-order valence-corrected chi connectivity index (χ2v) is 9.59. The number of likely N-dealkylation sites (tertiary alicyclic amines) is 2. The SMILES string of the molecule is CN1CCC(Nc2ccc(NC3N=CCC(C4=CC(C#N)C(N5CCC(F)C5)=NC4)=N3)cn2)CC1. The van der Waals surface area contributed by atoms with Crippen LogP contribution in [-0.2, 0) is 0 Å². The smallest absolute Gasteiger partial charge is 0.213 e. The Morgan fingerprint density at radius 3 is 2.71 bits per heavy atom. The predicted molar refractivity (Wildman–Crippen MR) is 137 cm³/mol. The minimum absolute atomic E-state index is 0.320. The number of aliphatic imine (C=N–C) groups is 3. The molecular weight excluding hydrogens is 445 g/mol. The largest absolute Gasteiger partial charge is 0.367 e. The summed E-state index contributed by atoms with van der Waals surface area (Å²) in [5.41, 5.74) is 2.65. The zero-order chi connectivity index (χ0) is 24.2. The Balaban J connectivity index is 1.19. The summed E-state index contributed by atoms with van der Waals surface area (Å²) in [4.78, 5) is 22.7. The number of hydrogen-bond acceptors (Lipinski definition) is 9. The van der Waals surface area contributed by atoms with Gasteiger partial charge in [-0.3, -0.25) is 9.98 Å². The maximum atomic E-state index is 13.6. The van der Waals surface area contributed by atoms with Crippen molar-refractivity contribution in [1.82, 2.24) is 14.8 Å². The molecule has 3 unspecified atom stereocenters. The molecule has 1 aromatic heterocycles. The molecule has 0 spiro atoms. The molecule has 0 saturated carbocycles. The van der Waals surface area contributed by atoms with Crippen LogP contribution in [0.3, 0.4) is 0 Å². The number of amidine groups is 1. The number of halogens is 1. The number of rotatable bonds is 5. The van der Waals surface area contributed by atoms with Gasteiger partial charge in [0.25, 0.3) is 0 Å². The van der Waals surface area contributed by atoms with Crippen molar-refractivity contribution >= 4 is 29.3 Å². The molecule has 3 atom stereocenters. The first kappa shape index (κ1) is 23.4. The third kappa shape index (κ3) is 5.68. The quantitative estimate of drug-likeness (QED) is 0.676. The van der Waals surface area contributed by atoms with E-state index < -0.39 is 18.4 Å². The van der Waals surface area contributed by atoms with Crippen molar-refractivity contribution in [3.63, 3.8) is 0 Å². The van der Waals surface area contributed by atoms with Gasteiger partial charge in [0.2, 0.25) is 6.29 Å². The highest BCUT2D eigenvalue weighted by atomic mass is 19.1. The summed E-state index contributed by atoms with van der Waals surface area (Å²) in [6.07, 6.45) is 7.60. The number of aromatic nitrogens is 1. The van der Waals surface area contributed by atoms with Crippen molar-refractivity contribution in [2.45, 2.75) is 44.2 Å². The fourth-order valence-electron chi connectivity index (χ4n) is 4.93. The minimum atomic E-state index is -0.846. The Morgan fingerprint density at radius 2 is 2.00 bits per heavy atom. The van der Waals surface area contributed by atoms with E-state index in [4.69, 9.17) is 4.99 Å². The molecule has 0 amide bonds. The molecule has 5 heterocycles. The Kier molecular flexibility index (Phi) is 7.04. The molecule has 2 N–H and O–H groups in total. The lowest BCUT2D eigenvalue weighted by Gasteiger charge is -2.29. The summed E-state index contributed by atoms with van der Waals surface area (Å²) in [5, 5.41) is 16.5. The molecular formula is C25H32FN9. The number of nitrogens with one attached hydrogen (secondary N) is 2. The highest BCUT2D eigenvalue weighted by Gasteiger charge is 2.31. The van der Waals surface area contributed by atoms with Crippen LogP contribution in [0.4, 0.5) is 15.9 Å². The first-order valence-electron chi connectivity index (χ1n) is 12.4. The molecule has 4 aliphatic heterocycles. The first-order chi connectivity index (χ1) is 17.1. The summed E-state index contributed by atoms with van der Waals surface area (Å²) < 4.78 is 13.6.